The van der Waals surface area contributed by atoms with Crippen molar-refractivity contribution in [1.29, 1.82) is 0 Å². The third-order valence-electron chi connectivity index (χ3n) is 8.58. The van der Waals surface area contributed by atoms with Gasteiger partial charge in [0, 0.05) is 5.92 Å². The highest BCUT2D eigenvalue weighted by Gasteiger charge is 2.67. The molecule has 0 bridgehead atoms. The highest BCUT2D eigenvalue weighted by Crippen LogP contribution is 2.63. The number of amides is 4. The van der Waals surface area contributed by atoms with Crippen molar-refractivity contribution >= 4 is 40.9 Å². The molecule has 1 saturated carbocycles. The molecule has 2 aromatic rings. The van der Waals surface area contributed by atoms with Gasteiger partial charge in [0.2, 0.25) is 23.6 Å². The molecule has 0 radical (unpaired) electrons. The lowest BCUT2D eigenvalue weighted by molar-refractivity contribution is -0.131. The van der Waals surface area contributed by atoms with E-state index in [1.54, 1.807) is 6.92 Å². The van der Waals surface area contributed by atoms with Crippen LogP contribution in [0.3, 0.4) is 0 Å². The molecular formula is C27H21ClF2N2O5. The van der Waals surface area contributed by atoms with E-state index in [9.17, 15) is 33.1 Å². The van der Waals surface area contributed by atoms with E-state index in [2.05, 4.69) is 5.32 Å². The molecule has 6 atom stereocenters. The number of nitrogens with zero attached hydrogens (tertiary/aromatic N) is 1. The first-order valence-electron chi connectivity index (χ1n) is 11.9. The minimum atomic E-state index is -1.38. The van der Waals surface area contributed by atoms with Gasteiger partial charge in [0.1, 0.15) is 5.82 Å². The molecule has 0 spiro atoms. The quantitative estimate of drug-likeness (QED) is 0.457. The summed E-state index contributed by atoms with van der Waals surface area (Å²) in [7, 11) is 0. The van der Waals surface area contributed by atoms with Gasteiger partial charge in [-0.3, -0.25) is 24.5 Å². The smallest absolute Gasteiger partial charge is 0.241 e. The zero-order valence-corrected chi connectivity index (χ0v) is 20.3. The average Bonchev–Trinajstić information content (AvgIpc) is 3.25. The maximum Gasteiger partial charge on any atom is 0.241 e. The number of rotatable bonds is 2. The first-order valence-corrected chi connectivity index (χ1v) is 12.3. The highest BCUT2D eigenvalue weighted by atomic mass is 35.5. The largest absolute Gasteiger partial charge is 0.505 e. The van der Waals surface area contributed by atoms with Crippen LogP contribution in [0.1, 0.15) is 31.2 Å². The van der Waals surface area contributed by atoms with Crippen LogP contribution in [-0.2, 0) is 19.2 Å². The van der Waals surface area contributed by atoms with Crippen molar-refractivity contribution in [1.82, 2.24) is 5.32 Å². The van der Waals surface area contributed by atoms with Gasteiger partial charge in [0.25, 0.3) is 0 Å². The maximum atomic E-state index is 14.6. The number of allylic oxidation sites excluding steroid dienone is 2. The van der Waals surface area contributed by atoms with Crippen molar-refractivity contribution in [2.75, 3.05) is 4.90 Å². The van der Waals surface area contributed by atoms with E-state index < -0.39 is 70.1 Å². The summed E-state index contributed by atoms with van der Waals surface area (Å²) < 4.78 is 28.4. The lowest BCUT2D eigenvalue weighted by atomic mass is 9.51. The molecule has 0 unspecified atom stereocenters. The van der Waals surface area contributed by atoms with Crippen LogP contribution in [0, 0.1) is 40.7 Å². The van der Waals surface area contributed by atoms with Gasteiger partial charge in [-0.25, -0.2) is 13.7 Å². The molecule has 2 aliphatic carbocycles. The lowest BCUT2D eigenvalue weighted by Gasteiger charge is -2.49. The summed E-state index contributed by atoms with van der Waals surface area (Å²) in [5, 5.41) is 11.9. The van der Waals surface area contributed by atoms with Crippen LogP contribution in [0.5, 0.6) is 5.75 Å². The van der Waals surface area contributed by atoms with Crippen molar-refractivity contribution < 1.29 is 33.1 Å². The topological polar surface area (TPSA) is 104 Å². The summed E-state index contributed by atoms with van der Waals surface area (Å²) in [5.41, 5.74) is -0.219. The van der Waals surface area contributed by atoms with Crippen LogP contribution < -0.4 is 10.2 Å². The number of hydrogen-bond donors (Lipinski definition) is 2. The van der Waals surface area contributed by atoms with Crippen LogP contribution in [0.4, 0.5) is 14.5 Å². The number of fused-ring (bicyclic) bond motifs is 4. The van der Waals surface area contributed by atoms with Gasteiger partial charge in [0.05, 0.1) is 33.9 Å². The number of benzene rings is 2. The second-order valence-electron chi connectivity index (χ2n) is 10.3. The van der Waals surface area contributed by atoms with Gasteiger partial charge >= 0.3 is 0 Å². The average molecular weight is 527 g/mol. The first kappa shape index (κ1) is 23.8. The fraction of sp³-hybridized carbons (Fsp3) is 0.333. The number of phenolic OH excluding ortho intramolecular Hbond substituents is 1. The van der Waals surface area contributed by atoms with Gasteiger partial charge in [-0.15, -0.1) is 0 Å². The fourth-order valence-electron chi connectivity index (χ4n) is 6.88. The van der Waals surface area contributed by atoms with Crippen LogP contribution in [-0.4, -0.2) is 28.7 Å². The van der Waals surface area contributed by atoms with Crippen molar-refractivity contribution in [2.45, 2.75) is 25.7 Å². The third-order valence-corrected chi connectivity index (χ3v) is 8.87. The lowest BCUT2D eigenvalue weighted by Crippen LogP contribution is -2.48. The van der Waals surface area contributed by atoms with Crippen LogP contribution in [0.15, 0.2) is 48.0 Å². The summed E-state index contributed by atoms with van der Waals surface area (Å²) in [6.07, 6.45) is 2.23. The Labute approximate surface area is 215 Å². The minimum absolute atomic E-state index is 0.108. The SMILES string of the molecule is C[C@@]12C(=O)N(c3ccc(F)c(Cl)c3)C(=O)[C@@H]1C[C@@H]1C(=CC[C@@H]3C(=O)NC(=O)[C@@H]31)[C@@H]2c1ccc(O)c(F)c1. The van der Waals surface area contributed by atoms with Gasteiger partial charge < -0.3 is 5.11 Å². The van der Waals surface area contributed by atoms with E-state index in [1.165, 1.54) is 24.3 Å². The molecule has 190 valence electrons. The van der Waals surface area contributed by atoms with E-state index in [-0.39, 0.29) is 29.5 Å². The third kappa shape index (κ3) is 3.16. The number of imide groups is 2. The van der Waals surface area contributed by atoms with Crippen LogP contribution in [0.2, 0.25) is 5.02 Å². The summed E-state index contributed by atoms with van der Waals surface area (Å²) >= 11 is 5.95. The van der Waals surface area contributed by atoms with Gasteiger partial charge in [-0.2, -0.15) is 0 Å². The monoisotopic (exact) mass is 526 g/mol. The van der Waals surface area contributed by atoms with Crippen LogP contribution in [0.25, 0.3) is 0 Å². The molecule has 7 nitrogen and oxygen atoms in total. The van der Waals surface area contributed by atoms with Crippen molar-refractivity contribution in [2.24, 2.45) is 29.1 Å². The molecule has 10 heteroatoms. The zero-order valence-electron chi connectivity index (χ0n) is 19.5. The first-order chi connectivity index (χ1) is 17.5. The summed E-state index contributed by atoms with van der Waals surface area (Å²) in [6, 6.07) is 7.37. The summed E-state index contributed by atoms with van der Waals surface area (Å²) in [5.74, 6) is -7.59. The zero-order chi connectivity index (χ0) is 26.4. The number of halogens is 3. The normalized spacial score (nSPS) is 32.6. The predicted molar refractivity (Wildman–Crippen MR) is 127 cm³/mol. The molecular weight excluding hydrogens is 506 g/mol. The molecule has 4 amide bonds. The standard InChI is InChI=1S/C27H21ClF2N2O5/c1-27-16(25(36)32(26(27)37)12-3-6-18(29)17(28)9-12)10-15-13(4-5-14-21(15)24(35)31-23(14)34)22(27)11-2-7-20(33)19(30)8-11/h2-4,6-9,14-16,21-22,33H,5,10H2,1H3,(H,31,34,35)/t14-,15+,16-,21-,22-,27+/m0/s1. The molecule has 37 heavy (non-hydrogen) atoms. The minimum Gasteiger partial charge on any atom is -0.505 e. The molecule has 6 rings (SSSR count). The molecule has 2 heterocycles. The number of carbonyl (C=O) groups is 4. The Morgan fingerprint density at radius 2 is 1.78 bits per heavy atom. The van der Waals surface area contributed by atoms with Crippen LogP contribution >= 0.6 is 11.6 Å². The number of carbonyl (C=O) groups excluding carboxylic acids is 4. The Kier molecular flexibility index (Phi) is 5.11. The molecule has 0 aromatic heterocycles. The Balaban J connectivity index is 1.54. The van der Waals surface area contributed by atoms with Crippen molar-refractivity contribution in [3.8, 4) is 5.75 Å². The van der Waals surface area contributed by atoms with E-state index in [4.69, 9.17) is 11.6 Å². The van der Waals surface area contributed by atoms with Gasteiger partial charge in [-0.1, -0.05) is 29.3 Å². The van der Waals surface area contributed by atoms with Crippen molar-refractivity contribution in [3.63, 3.8) is 0 Å². The number of aromatic hydroxyl groups is 1. The Morgan fingerprint density at radius 3 is 2.49 bits per heavy atom. The van der Waals surface area contributed by atoms with E-state index in [0.29, 0.717) is 11.1 Å². The van der Waals surface area contributed by atoms with E-state index in [1.807, 2.05) is 6.08 Å². The number of anilines is 1. The second-order valence-corrected chi connectivity index (χ2v) is 10.7. The molecule has 3 fully saturated rings. The number of phenols is 1. The Morgan fingerprint density at radius 1 is 1.03 bits per heavy atom. The molecule has 2 N–H and O–H groups in total. The molecule has 4 aliphatic rings. The summed E-state index contributed by atoms with van der Waals surface area (Å²) in [4.78, 5) is 54.1. The maximum absolute atomic E-state index is 14.6. The second kappa shape index (κ2) is 7.95. The molecule has 2 saturated heterocycles. The van der Waals surface area contributed by atoms with E-state index >= 15 is 0 Å². The van der Waals surface area contributed by atoms with Crippen molar-refractivity contribution in [3.05, 3.63) is 70.3 Å². The fourth-order valence-corrected chi connectivity index (χ4v) is 7.05. The number of nitrogens with one attached hydrogen (secondary N) is 1. The Hall–Kier alpha value is -3.59. The van der Waals surface area contributed by atoms with E-state index in [0.717, 1.165) is 17.0 Å². The predicted octanol–water partition coefficient (Wildman–Crippen LogP) is 3.84. The summed E-state index contributed by atoms with van der Waals surface area (Å²) in [6.45, 7) is 1.64. The Bertz CT molecular complexity index is 1460. The van der Waals surface area contributed by atoms with Gasteiger partial charge in [-0.05, 0) is 61.6 Å². The molecule has 2 aromatic carbocycles. The molecule has 2 aliphatic heterocycles. The number of hydrogen-bond acceptors (Lipinski definition) is 5. The van der Waals surface area contributed by atoms with Gasteiger partial charge in [0.15, 0.2) is 11.6 Å². The highest BCUT2D eigenvalue weighted by molar-refractivity contribution is 6.31.